The number of aliphatic hydroxyl groups is 1. The van der Waals surface area contributed by atoms with Crippen LogP contribution in [0, 0.1) is 0 Å². The van der Waals surface area contributed by atoms with Crippen LogP contribution in [0.2, 0.25) is 0 Å². The van der Waals surface area contributed by atoms with E-state index in [1.54, 1.807) is 38.1 Å². The minimum absolute atomic E-state index is 0.135. The van der Waals surface area contributed by atoms with Gasteiger partial charge in [-0.2, -0.15) is 0 Å². The molecule has 0 saturated heterocycles. The zero-order valence-corrected chi connectivity index (χ0v) is 15.3. The Balaban J connectivity index is 2.02. The molecule has 27 heavy (non-hydrogen) atoms. The summed E-state index contributed by atoms with van der Waals surface area (Å²) >= 11 is 0. The van der Waals surface area contributed by atoms with E-state index >= 15 is 0 Å². The molecule has 0 bridgehead atoms. The van der Waals surface area contributed by atoms with E-state index in [4.69, 9.17) is 29.1 Å². The summed E-state index contributed by atoms with van der Waals surface area (Å²) < 4.78 is 26.5. The molecule has 0 fully saturated rings. The van der Waals surface area contributed by atoms with E-state index in [9.17, 15) is 14.7 Å². The van der Waals surface area contributed by atoms with Crippen molar-refractivity contribution >= 4 is 17.1 Å². The van der Waals surface area contributed by atoms with Gasteiger partial charge < -0.3 is 34.2 Å². The van der Waals surface area contributed by atoms with Crippen molar-refractivity contribution in [2.24, 2.45) is 5.73 Å². The van der Waals surface area contributed by atoms with Crippen LogP contribution < -0.4 is 16.1 Å². The van der Waals surface area contributed by atoms with E-state index in [-0.39, 0.29) is 6.79 Å². The monoisotopic (exact) mass is 381 g/mol. The molecule has 0 aliphatic carbocycles. The number of ether oxygens (including phenoxy) is 4. The molecule has 2 unspecified atom stereocenters. The largest absolute Gasteiger partial charge is 0.468 e. The first-order valence-electron chi connectivity index (χ1n) is 8.17. The molecular weight excluding hydrogens is 358 g/mol. The van der Waals surface area contributed by atoms with Crippen LogP contribution in [-0.2, 0) is 14.2 Å². The van der Waals surface area contributed by atoms with Crippen molar-refractivity contribution in [1.29, 1.82) is 0 Å². The second-order valence-electron chi connectivity index (χ2n) is 6.28. The average molecular weight is 381 g/mol. The van der Waals surface area contributed by atoms with E-state index in [0.29, 0.717) is 16.7 Å². The molecule has 0 spiro atoms. The summed E-state index contributed by atoms with van der Waals surface area (Å²) in [4.78, 5) is 22.2. The predicted octanol–water partition coefficient (Wildman–Crippen LogP) is 1.40. The smallest absolute Gasteiger partial charge is 0.404 e. The number of amides is 1. The third-order valence-corrected chi connectivity index (χ3v) is 3.97. The Morgan fingerprint density at radius 3 is 2.67 bits per heavy atom. The minimum atomic E-state index is -1.02. The molecule has 0 aliphatic rings. The van der Waals surface area contributed by atoms with E-state index < -0.39 is 36.1 Å². The lowest BCUT2D eigenvalue weighted by molar-refractivity contribution is -0.184. The normalized spacial score (nSPS) is 13.9. The van der Waals surface area contributed by atoms with Gasteiger partial charge in [0.05, 0.1) is 12.2 Å². The number of aliphatic hydroxyl groups excluding tert-OH is 1. The Hall–Kier alpha value is -2.62. The van der Waals surface area contributed by atoms with Crippen LogP contribution in [0.25, 0.3) is 11.0 Å². The summed E-state index contributed by atoms with van der Waals surface area (Å²) in [5.41, 5.74) is 4.07. The zero-order chi connectivity index (χ0) is 20.0. The molecule has 1 aromatic heterocycles. The highest BCUT2D eigenvalue weighted by atomic mass is 16.7. The molecule has 2 aromatic rings. The number of methoxy groups -OCH3 is 1. The fourth-order valence-corrected chi connectivity index (χ4v) is 2.70. The minimum Gasteiger partial charge on any atom is -0.468 e. The summed E-state index contributed by atoms with van der Waals surface area (Å²) in [7, 11) is 1.40. The molecule has 0 radical (unpaired) electrons. The van der Waals surface area contributed by atoms with Crippen molar-refractivity contribution in [2.45, 2.75) is 31.7 Å². The number of rotatable bonds is 9. The van der Waals surface area contributed by atoms with Crippen molar-refractivity contribution in [3.63, 3.8) is 0 Å². The topological polar surface area (TPSA) is 130 Å². The third kappa shape index (κ3) is 5.43. The van der Waals surface area contributed by atoms with Gasteiger partial charge in [-0.3, -0.25) is 0 Å². The van der Waals surface area contributed by atoms with Crippen LogP contribution in [0.3, 0.4) is 0 Å². The molecular formula is C18H23NO8. The maximum atomic E-state index is 11.2. The van der Waals surface area contributed by atoms with E-state index in [1.807, 2.05) is 0 Å². The fraction of sp³-hybridized carbons (Fsp3) is 0.444. The van der Waals surface area contributed by atoms with Crippen LogP contribution in [0.4, 0.5) is 4.79 Å². The summed E-state index contributed by atoms with van der Waals surface area (Å²) in [5, 5.41) is 10.1. The molecule has 2 rings (SSSR count). The fourth-order valence-electron chi connectivity index (χ4n) is 2.70. The zero-order valence-electron chi connectivity index (χ0n) is 15.3. The maximum Gasteiger partial charge on any atom is 0.404 e. The highest BCUT2D eigenvalue weighted by Gasteiger charge is 2.39. The van der Waals surface area contributed by atoms with Gasteiger partial charge in [0, 0.05) is 18.6 Å². The number of carbonyl (C=O) groups excluding carboxylic acids is 1. The van der Waals surface area contributed by atoms with Gasteiger partial charge in [-0.05, 0) is 38.1 Å². The number of hydrogen-bond acceptors (Lipinski definition) is 8. The van der Waals surface area contributed by atoms with Gasteiger partial charge >= 0.3 is 11.7 Å². The van der Waals surface area contributed by atoms with Crippen LogP contribution in [0.1, 0.15) is 13.8 Å². The van der Waals surface area contributed by atoms with Gasteiger partial charge in [0.1, 0.15) is 17.4 Å². The predicted molar refractivity (Wildman–Crippen MR) is 95.5 cm³/mol. The molecule has 9 heteroatoms. The Kier molecular flexibility index (Phi) is 6.78. The number of nitrogens with two attached hydrogens (primary N) is 1. The highest BCUT2D eigenvalue weighted by Crippen LogP contribution is 2.24. The molecule has 9 nitrogen and oxygen atoms in total. The van der Waals surface area contributed by atoms with E-state index in [2.05, 4.69) is 0 Å². The second-order valence-corrected chi connectivity index (χ2v) is 6.28. The van der Waals surface area contributed by atoms with Gasteiger partial charge in [-0.15, -0.1) is 0 Å². The molecule has 2 atom stereocenters. The van der Waals surface area contributed by atoms with E-state index in [1.165, 1.54) is 13.2 Å². The number of benzene rings is 1. The highest BCUT2D eigenvalue weighted by molar-refractivity contribution is 5.77. The van der Waals surface area contributed by atoms with Gasteiger partial charge in [-0.25, -0.2) is 9.59 Å². The molecule has 3 N–H and O–H groups in total. The molecule has 1 aromatic carbocycles. The van der Waals surface area contributed by atoms with Crippen molar-refractivity contribution in [1.82, 2.24) is 0 Å². The SMILES string of the molecule is COC(C(CO)OC(N)=O)C(C)(C)OCOc1ccc2oc(=O)ccc2c1. The van der Waals surface area contributed by atoms with Crippen molar-refractivity contribution in [3.05, 3.63) is 40.8 Å². The first kappa shape index (κ1) is 20.7. The average Bonchev–Trinajstić information content (AvgIpc) is 2.60. The summed E-state index contributed by atoms with van der Waals surface area (Å²) in [6, 6.07) is 7.92. The van der Waals surface area contributed by atoms with Crippen molar-refractivity contribution in [2.75, 3.05) is 20.5 Å². The van der Waals surface area contributed by atoms with Gasteiger partial charge in [-0.1, -0.05) is 0 Å². The van der Waals surface area contributed by atoms with Gasteiger partial charge in [0.25, 0.3) is 0 Å². The van der Waals surface area contributed by atoms with Gasteiger partial charge in [0.15, 0.2) is 12.9 Å². The summed E-state index contributed by atoms with van der Waals surface area (Å²) in [5.74, 6) is 0.508. The lowest BCUT2D eigenvalue weighted by Crippen LogP contribution is -2.51. The lowest BCUT2D eigenvalue weighted by Gasteiger charge is -2.36. The molecule has 148 valence electrons. The quantitative estimate of drug-likeness (QED) is 0.492. The number of carbonyl (C=O) groups is 1. The first-order chi connectivity index (χ1) is 12.8. The molecule has 0 saturated carbocycles. The van der Waals surface area contributed by atoms with Crippen LogP contribution >= 0.6 is 0 Å². The summed E-state index contributed by atoms with van der Waals surface area (Å²) in [6.45, 7) is 2.79. The number of hydrogen-bond donors (Lipinski definition) is 2. The van der Waals surface area contributed by atoms with Gasteiger partial charge in [0.2, 0.25) is 0 Å². The molecule has 1 amide bonds. The Labute approximate surface area is 155 Å². The standard InChI is InChI=1S/C18H23NO8/c1-18(2,16(23-3)14(9-20)27-17(19)22)25-10-24-12-5-6-13-11(8-12)4-7-15(21)26-13/h4-8,14,16,20H,9-10H2,1-3H3,(H2,19,22). The third-order valence-electron chi connectivity index (χ3n) is 3.97. The van der Waals surface area contributed by atoms with E-state index in [0.717, 1.165) is 0 Å². The molecule has 0 aliphatic heterocycles. The molecule has 1 heterocycles. The van der Waals surface area contributed by atoms with Crippen LogP contribution in [0.15, 0.2) is 39.5 Å². The van der Waals surface area contributed by atoms with Crippen molar-refractivity contribution in [3.8, 4) is 5.75 Å². The Bertz CT molecular complexity index is 831. The summed E-state index contributed by atoms with van der Waals surface area (Å²) in [6.07, 6.45) is -2.80. The number of primary amides is 1. The van der Waals surface area contributed by atoms with Crippen molar-refractivity contribution < 1.29 is 33.3 Å². The Morgan fingerprint density at radius 2 is 2.04 bits per heavy atom. The van der Waals surface area contributed by atoms with Crippen LogP contribution in [0.5, 0.6) is 5.75 Å². The second kappa shape index (κ2) is 8.85. The number of fused-ring (bicyclic) bond motifs is 1. The lowest BCUT2D eigenvalue weighted by atomic mass is 9.96. The first-order valence-corrected chi connectivity index (χ1v) is 8.17. The Morgan fingerprint density at radius 1 is 1.30 bits per heavy atom. The maximum absolute atomic E-state index is 11.2. The van der Waals surface area contributed by atoms with Crippen LogP contribution in [-0.4, -0.2) is 49.5 Å².